The van der Waals surface area contributed by atoms with Gasteiger partial charge in [-0.15, -0.1) is 0 Å². The van der Waals surface area contributed by atoms with Crippen LogP contribution in [0.5, 0.6) is 11.5 Å². The van der Waals surface area contributed by atoms with E-state index in [0.717, 1.165) is 5.56 Å². The lowest BCUT2D eigenvalue weighted by molar-refractivity contribution is 0.102. The van der Waals surface area contributed by atoms with Crippen LogP contribution in [0.15, 0.2) is 94.7 Å². The van der Waals surface area contributed by atoms with Crippen LogP contribution in [0.3, 0.4) is 0 Å². The van der Waals surface area contributed by atoms with Crippen molar-refractivity contribution in [3.63, 3.8) is 0 Å². The van der Waals surface area contributed by atoms with E-state index in [1.807, 2.05) is 6.92 Å². The highest BCUT2D eigenvalue weighted by atomic mass is 32.2. The smallest absolute Gasteiger partial charge is 0.262 e. The highest BCUT2D eigenvalue weighted by Crippen LogP contribution is 2.31. The molecule has 0 aliphatic carbocycles. The third-order valence-electron chi connectivity index (χ3n) is 6.23. The number of aryl methyl sites for hydroxylation is 1. The van der Waals surface area contributed by atoms with Gasteiger partial charge >= 0.3 is 0 Å². The van der Waals surface area contributed by atoms with Gasteiger partial charge in [0.25, 0.3) is 26.0 Å². The second-order valence-electron chi connectivity index (χ2n) is 9.05. The van der Waals surface area contributed by atoms with Crippen molar-refractivity contribution in [2.45, 2.75) is 23.6 Å². The molecule has 0 heterocycles. The Balaban J connectivity index is 1.50. The number of benzene rings is 4. The minimum absolute atomic E-state index is 0.0379. The van der Waals surface area contributed by atoms with Crippen LogP contribution in [0.25, 0.3) is 0 Å². The van der Waals surface area contributed by atoms with Gasteiger partial charge in [-0.3, -0.25) is 14.2 Å². The van der Waals surface area contributed by atoms with Gasteiger partial charge in [0.05, 0.1) is 35.4 Å². The van der Waals surface area contributed by atoms with Gasteiger partial charge < -0.3 is 14.8 Å². The highest BCUT2D eigenvalue weighted by Gasteiger charge is 2.20. The number of nitrogens with one attached hydrogen (secondary N) is 3. The van der Waals surface area contributed by atoms with E-state index in [9.17, 15) is 21.6 Å². The van der Waals surface area contributed by atoms with Crippen LogP contribution in [0.1, 0.15) is 21.5 Å². The van der Waals surface area contributed by atoms with Gasteiger partial charge in [-0.2, -0.15) is 0 Å². The largest absolute Gasteiger partial charge is 0.497 e. The van der Waals surface area contributed by atoms with Crippen molar-refractivity contribution in [2.75, 3.05) is 29.0 Å². The first kappa shape index (κ1) is 29.4. The first-order valence-electron chi connectivity index (χ1n) is 12.3. The summed E-state index contributed by atoms with van der Waals surface area (Å²) in [5.74, 6) is 0.273. The summed E-state index contributed by atoms with van der Waals surface area (Å²) < 4.78 is 67.1. The fourth-order valence-electron chi connectivity index (χ4n) is 3.93. The second-order valence-corrected chi connectivity index (χ2v) is 12.4. The molecule has 0 radical (unpaired) electrons. The fourth-order valence-corrected chi connectivity index (χ4v) is 6.11. The molecule has 0 atom stereocenters. The average molecular weight is 596 g/mol. The van der Waals surface area contributed by atoms with Gasteiger partial charge in [-0.1, -0.05) is 23.8 Å². The molecule has 3 N–H and O–H groups in total. The van der Waals surface area contributed by atoms with Crippen LogP contribution in [-0.4, -0.2) is 37.0 Å². The number of methoxy groups -OCH3 is 2. The van der Waals surface area contributed by atoms with Crippen molar-refractivity contribution in [1.82, 2.24) is 0 Å². The van der Waals surface area contributed by atoms with Gasteiger partial charge in [0.15, 0.2) is 0 Å². The molecule has 0 aliphatic heterocycles. The van der Waals surface area contributed by atoms with Crippen LogP contribution >= 0.6 is 0 Å². The molecule has 0 unspecified atom stereocenters. The Morgan fingerprint density at radius 3 is 1.85 bits per heavy atom. The van der Waals surface area contributed by atoms with E-state index >= 15 is 0 Å². The topological polar surface area (TPSA) is 140 Å². The summed E-state index contributed by atoms with van der Waals surface area (Å²) in [7, 11) is -4.96. The number of carbonyl (C=O) groups is 1. The maximum atomic E-state index is 13.1. The Morgan fingerprint density at radius 1 is 0.683 bits per heavy atom. The van der Waals surface area contributed by atoms with Crippen LogP contribution in [0, 0.1) is 13.8 Å². The van der Waals surface area contributed by atoms with E-state index in [4.69, 9.17) is 9.47 Å². The lowest BCUT2D eigenvalue weighted by atomic mass is 10.1. The summed E-state index contributed by atoms with van der Waals surface area (Å²) in [5, 5.41) is 2.72. The molecule has 4 aromatic rings. The minimum Gasteiger partial charge on any atom is -0.497 e. The Morgan fingerprint density at radius 2 is 1.27 bits per heavy atom. The molecule has 214 valence electrons. The first-order chi connectivity index (χ1) is 19.4. The van der Waals surface area contributed by atoms with Crippen LogP contribution in [0.2, 0.25) is 0 Å². The van der Waals surface area contributed by atoms with Crippen molar-refractivity contribution in [3.05, 3.63) is 102 Å². The van der Waals surface area contributed by atoms with Crippen molar-refractivity contribution in [1.29, 1.82) is 0 Å². The van der Waals surface area contributed by atoms with Gasteiger partial charge in [0.2, 0.25) is 0 Å². The molecule has 0 saturated heterocycles. The van der Waals surface area contributed by atoms with Crippen LogP contribution in [-0.2, 0) is 20.0 Å². The minimum atomic E-state index is -3.99. The third kappa shape index (κ3) is 6.79. The molecular weight excluding hydrogens is 566 g/mol. The Kier molecular flexibility index (Phi) is 8.55. The van der Waals surface area contributed by atoms with Gasteiger partial charge in [0, 0.05) is 17.3 Å². The second kappa shape index (κ2) is 11.9. The van der Waals surface area contributed by atoms with Crippen LogP contribution in [0.4, 0.5) is 17.1 Å². The van der Waals surface area contributed by atoms with Crippen molar-refractivity contribution >= 4 is 43.0 Å². The van der Waals surface area contributed by atoms with Crippen LogP contribution < -0.4 is 24.2 Å². The molecule has 0 aromatic heterocycles. The number of sulfonamides is 2. The molecule has 12 heteroatoms. The molecule has 0 bridgehead atoms. The van der Waals surface area contributed by atoms with E-state index in [-0.39, 0.29) is 26.7 Å². The first-order valence-corrected chi connectivity index (χ1v) is 15.3. The Bertz CT molecular complexity index is 1790. The summed E-state index contributed by atoms with van der Waals surface area (Å²) in [6.45, 7) is 3.50. The van der Waals surface area contributed by atoms with Gasteiger partial charge in [0.1, 0.15) is 11.5 Å². The SMILES string of the molecule is COc1ccc(OC)c(NS(=O)(=O)c2ccc(NC(=O)c3cccc(NS(=O)(=O)c4ccc(C)cc4)c3C)cc2)c1. The van der Waals surface area contributed by atoms with Crippen molar-refractivity contribution < 1.29 is 31.1 Å². The predicted molar refractivity (Wildman–Crippen MR) is 158 cm³/mol. The average Bonchev–Trinajstić information content (AvgIpc) is 2.94. The number of hydrogen-bond donors (Lipinski definition) is 3. The fraction of sp³-hybridized carbons (Fsp3) is 0.138. The molecule has 0 saturated carbocycles. The zero-order valence-electron chi connectivity index (χ0n) is 22.8. The molecule has 0 fully saturated rings. The van der Waals surface area contributed by atoms with E-state index in [1.54, 1.807) is 49.4 Å². The van der Waals surface area contributed by atoms with E-state index in [0.29, 0.717) is 22.7 Å². The lowest BCUT2D eigenvalue weighted by Crippen LogP contribution is -2.17. The lowest BCUT2D eigenvalue weighted by Gasteiger charge is -2.15. The maximum absolute atomic E-state index is 13.1. The van der Waals surface area contributed by atoms with E-state index in [1.165, 1.54) is 56.7 Å². The molecule has 4 aromatic carbocycles. The van der Waals surface area contributed by atoms with Gasteiger partial charge in [-0.25, -0.2) is 16.8 Å². The van der Waals surface area contributed by atoms with Crippen molar-refractivity contribution in [3.8, 4) is 11.5 Å². The van der Waals surface area contributed by atoms with Crippen molar-refractivity contribution in [2.24, 2.45) is 0 Å². The molecule has 10 nitrogen and oxygen atoms in total. The summed E-state index contributed by atoms with van der Waals surface area (Å²) in [6.07, 6.45) is 0. The summed E-state index contributed by atoms with van der Waals surface area (Å²) in [4.78, 5) is 13.1. The summed E-state index contributed by atoms with van der Waals surface area (Å²) >= 11 is 0. The normalized spacial score (nSPS) is 11.4. The molecule has 41 heavy (non-hydrogen) atoms. The number of anilines is 3. The summed E-state index contributed by atoms with van der Waals surface area (Å²) in [6, 6.07) is 21.5. The molecule has 0 spiro atoms. The maximum Gasteiger partial charge on any atom is 0.262 e. The Labute approximate surface area is 239 Å². The molecule has 4 rings (SSSR count). The standard InChI is InChI=1S/C29H29N3O7S2/c1-19-8-13-23(14-9-19)40(34,35)31-26-7-5-6-25(20(26)2)29(33)30-21-10-15-24(16-11-21)41(36,37)32-27-18-22(38-3)12-17-28(27)39-4/h5-18,31-32H,1-4H3,(H,30,33). The molecular formula is C29H29N3O7S2. The number of ether oxygens (including phenoxy) is 2. The monoisotopic (exact) mass is 595 g/mol. The molecule has 1 amide bonds. The predicted octanol–water partition coefficient (Wildman–Crippen LogP) is 5.17. The van der Waals surface area contributed by atoms with Gasteiger partial charge in [-0.05, 0) is 80.1 Å². The van der Waals surface area contributed by atoms with E-state index in [2.05, 4.69) is 14.8 Å². The van der Waals surface area contributed by atoms with E-state index < -0.39 is 26.0 Å². The zero-order valence-corrected chi connectivity index (χ0v) is 24.4. The number of carbonyl (C=O) groups excluding carboxylic acids is 1. The highest BCUT2D eigenvalue weighted by molar-refractivity contribution is 7.93. The Hall–Kier alpha value is -4.55. The zero-order chi connectivity index (χ0) is 29.8. The number of hydrogen-bond acceptors (Lipinski definition) is 7. The quantitative estimate of drug-likeness (QED) is 0.230. The number of amides is 1. The summed E-state index contributed by atoms with van der Waals surface area (Å²) in [5.41, 5.74) is 2.42. The molecule has 0 aliphatic rings. The third-order valence-corrected chi connectivity index (χ3v) is 8.99. The number of rotatable bonds is 10.